The zero-order valence-corrected chi connectivity index (χ0v) is 23.2. The minimum Gasteiger partial charge on any atom is -0.545 e. The van der Waals surface area contributed by atoms with Crippen LogP contribution in [-0.2, 0) is 38.7 Å². The summed E-state index contributed by atoms with van der Waals surface area (Å²) in [5, 5.41) is 20.1. The number of pyridine rings is 2. The van der Waals surface area contributed by atoms with Gasteiger partial charge in [-0.3, -0.25) is 19.6 Å². The van der Waals surface area contributed by atoms with Crippen molar-refractivity contribution in [3.05, 3.63) is 131 Å². The number of halogens is 2. The van der Waals surface area contributed by atoms with Crippen molar-refractivity contribution in [2.75, 3.05) is 0 Å². The van der Waals surface area contributed by atoms with E-state index in [1.807, 2.05) is 0 Å². The van der Waals surface area contributed by atoms with Gasteiger partial charge in [0.05, 0.1) is 23.1 Å². The quantitative estimate of drug-likeness (QED) is 0.213. The van der Waals surface area contributed by atoms with E-state index in [2.05, 4.69) is 9.97 Å². The summed E-state index contributed by atoms with van der Waals surface area (Å²) in [6, 6.07) is 16.8. The summed E-state index contributed by atoms with van der Waals surface area (Å²) in [5.74, 6) is -5.38. The van der Waals surface area contributed by atoms with Crippen LogP contribution in [0.3, 0.4) is 0 Å². The Bertz CT molecular complexity index is 1270. The Hall–Kier alpha value is -5.17. The van der Waals surface area contributed by atoms with Gasteiger partial charge in [0.2, 0.25) is 11.8 Å². The summed E-state index contributed by atoms with van der Waals surface area (Å²) >= 11 is 0. The minimum atomic E-state index is -1.49. The number of carbonyl (C=O) groups is 4. The summed E-state index contributed by atoms with van der Waals surface area (Å²) in [7, 11) is 0. The fraction of sp³-hybridized carbons (Fsp3) is 0. The molecule has 0 aliphatic heterocycles. The van der Waals surface area contributed by atoms with Gasteiger partial charge < -0.3 is 53.2 Å². The number of primary amides is 2. The first kappa shape index (κ1) is 47.6. The van der Waals surface area contributed by atoms with Crippen LogP contribution < -0.4 is 21.7 Å². The number of amides is 2. The van der Waals surface area contributed by atoms with Crippen LogP contribution >= 0.6 is 0 Å². The molecule has 1 radical (unpaired) electrons. The molecular weight excluding hydrogens is 625 g/mol. The van der Waals surface area contributed by atoms with E-state index in [-0.39, 0.29) is 38.7 Å². The van der Waals surface area contributed by atoms with Crippen LogP contribution in [-0.4, -0.2) is 33.7 Å². The Morgan fingerprint density at radius 1 is 0.558 bits per heavy atom. The maximum absolute atomic E-state index is 12.4. The topological polar surface area (TPSA) is 324 Å². The molecule has 4 rings (SSSR count). The van der Waals surface area contributed by atoms with Crippen molar-refractivity contribution < 1.29 is 76.9 Å². The van der Waals surface area contributed by atoms with E-state index >= 15 is 0 Å². The number of nitrogens with two attached hydrogens (primary N) is 2. The van der Waals surface area contributed by atoms with Gasteiger partial charge in [0.1, 0.15) is 11.6 Å². The molecule has 0 saturated heterocycles. The molecule has 0 fully saturated rings. The van der Waals surface area contributed by atoms with Gasteiger partial charge in [-0.25, -0.2) is 8.78 Å². The molecule has 2 heterocycles. The predicted molar refractivity (Wildman–Crippen MR) is 146 cm³/mol. The number of carboxylic acids is 2. The molecule has 14 nitrogen and oxygen atoms in total. The third-order valence-corrected chi connectivity index (χ3v) is 4.08. The van der Waals surface area contributed by atoms with Gasteiger partial charge in [-0.15, -0.1) is 0 Å². The van der Waals surface area contributed by atoms with Gasteiger partial charge in [-0.05, 0) is 36.4 Å². The zero-order valence-electron chi connectivity index (χ0n) is 22.1. The van der Waals surface area contributed by atoms with Gasteiger partial charge in [0.25, 0.3) is 0 Å². The number of nitrogens with zero attached hydrogens (tertiary/aromatic N) is 2. The van der Waals surface area contributed by atoms with Crippen LogP contribution in [0.4, 0.5) is 8.78 Å². The third-order valence-electron chi connectivity index (χ3n) is 4.08. The van der Waals surface area contributed by atoms with E-state index in [9.17, 15) is 38.2 Å². The van der Waals surface area contributed by atoms with Crippen molar-refractivity contribution in [1.29, 1.82) is 0 Å². The minimum absolute atomic E-state index is 0. The molecule has 0 saturated carbocycles. The third kappa shape index (κ3) is 18.7. The second kappa shape index (κ2) is 25.8. The molecule has 4 aromatic rings. The van der Waals surface area contributed by atoms with Crippen molar-refractivity contribution in [3.63, 3.8) is 0 Å². The van der Waals surface area contributed by atoms with Gasteiger partial charge in [-0.1, -0.05) is 36.4 Å². The standard InChI is InChI=1S/2C7H5FO2.2C6H6N2O.Co.4H2O/c2*8-6-4-2-1-3-5(6)7(9)10;2*7-6(9)5-2-1-3-8-4-5;;;;;/h2*1-4H,(H,9,10);2*1-4H,(H2,7,9);;4*1H2/q;;;;+2;;;;/p+2. The number of benzene rings is 2. The van der Waals surface area contributed by atoms with Crippen molar-refractivity contribution >= 4 is 23.8 Å². The average molecular weight is 657 g/mol. The van der Waals surface area contributed by atoms with Gasteiger partial charge in [0.15, 0.2) is 0 Å². The number of carboxylic acid groups (broad SMARTS) is 2. The van der Waals surface area contributed by atoms with Crippen molar-refractivity contribution in [2.45, 2.75) is 0 Å². The first-order valence-electron chi connectivity index (χ1n) is 10.4. The van der Waals surface area contributed by atoms with Crippen LogP contribution in [0, 0.1) is 11.6 Å². The fourth-order valence-corrected chi connectivity index (χ4v) is 2.27. The maximum atomic E-state index is 12.4. The Labute approximate surface area is 253 Å². The average Bonchev–Trinajstić information content (AvgIpc) is 2.91. The van der Waals surface area contributed by atoms with Crippen molar-refractivity contribution in [2.24, 2.45) is 11.5 Å². The fourth-order valence-electron chi connectivity index (χ4n) is 2.27. The van der Waals surface area contributed by atoms with Crippen LogP contribution in [0.1, 0.15) is 41.4 Å². The number of rotatable bonds is 4. The molecule has 0 aliphatic carbocycles. The molecule has 16 N–H and O–H groups in total. The van der Waals surface area contributed by atoms with E-state index in [0.717, 1.165) is 24.3 Å². The van der Waals surface area contributed by atoms with Gasteiger partial charge >= 0.3 is 16.8 Å². The largest absolute Gasteiger partial charge is 2.00 e. The maximum Gasteiger partial charge on any atom is 2.00 e. The molecule has 0 bridgehead atoms. The number of carbonyl (C=O) groups excluding carboxylic acids is 4. The number of hydrogen-bond donors (Lipinski definition) is 2. The first-order valence-corrected chi connectivity index (χ1v) is 10.4. The monoisotopic (exact) mass is 657 g/mol. The second-order valence-corrected chi connectivity index (χ2v) is 6.75. The molecule has 0 unspecified atom stereocenters. The summed E-state index contributed by atoms with van der Waals surface area (Å²) in [4.78, 5) is 48.3. The molecule has 2 aromatic heterocycles. The molecule has 17 heteroatoms. The van der Waals surface area contributed by atoms with Crippen molar-refractivity contribution in [3.8, 4) is 0 Å². The molecule has 0 atom stereocenters. The van der Waals surface area contributed by atoms with Crippen LogP contribution in [0.2, 0.25) is 0 Å². The van der Waals surface area contributed by atoms with Gasteiger partial charge in [-0.2, -0.15) is 0 Å². The van der Waals surface area contributed by atoms with Crippen LogP contribution in [0.15, 0.2) is 97.6 Å². The molecule has 0 spiro atoms. The molecule has 43 heavy (non-hydrogen) atoms. The summed E-state index contributed by atoms with van der Waals surface area (Å²) in [6.45, 7) is 0. The number of hydrogen-bond acceptors (Lipinski definition) is 8. The molecule has 2 amide bonds. The van der Waals surface area contributed by atoms with Crippen LogP contribution in [0.25, 0.3) is 0 Å². The normalized spacial score (nSPS) is 8.05. The van der Waals surface area contributed by atoms with Crippen molar-refractivity contribution in [1.82, 2.24) is 9.97 Å². The summed E-state index contributed by atoms with van der Waals surface area (Å²) in [6.07, 6.45) is 6.05. The van der Waals surface area contributed by atoms with E-state index in [1.165, 1.54) is 36.7 Å². The van der Waals surface area contributed by atoms with E-state index < -0.39 is 46.5 Å². The van der Waals surface area contributed by atoms with E-state index in [0.29, 0.717) is 11.1 Å². The smallest absolute Gasteiger partial charge is 0.545 e. The number of aromatic carboxylic acids is 2. The SMILES string of the molecule is NC(=O)c1cccnc1.NC(=O)c1cccnc1.O=C([O-])c1ccccc1F.O=C([O-])c1ccccc1F.[Co+2].[OH3+].[OH3+].[OH3+].[OH3+]. The Morgan fingerprint density at radius 3 is 1.02 bits per heavy atom. The zero-order chi connectivity index (χ0) is 28.5. The predicted octanol–water partition coefficient (Wildman–Crippen LogP) is -2.95. The summed E-state index contributed by atoms with van der Waals surface area (Å²) < 4.78 is 24.8. The Balaban J connectivity index is -0.000000144. The second-order valence-electron chi connectivity index (χ2n) is 6.75. The van der Waals surface area contributed by atoms with Gasteiger partial charge in [0, 0.05) is 35.9 Å². The first-order chi connectivity index (χ1) is 18.0. The molecule has 0 aliphatic rings. The Kier molecular flexibility index (Phi) is 28.5. The van der Waals surface area contributed by atoms with E-state index in [1.54, 1.807) is 36.7 Å². The molecular formula is C26H32CoF2N4O10+4. The van der Waals surface area contributed by atoms with E-state index in [4.69, 9.17) is 11.5 Å². The van der Waals surface area contributed by atoms with Crippen LogP contribution in [0.5, 0.6) is 0 Å². The molecule has 235 valence electrons. The number of aromatic nitrogens is 2. The molecule has 2 aromatic carbocycles. The summed E-state index contributed by atoms with van der Waals surface area (Å²) in [5.41, 5.74) is 9.95. The Morgan fingerprint density at radius 2 is 0.860 bits per heavy atom.